The van der Waals surface area contributed by atoms with Gasteiger partial charge in [-0.15, -0.1) is 0 Å². The van der Waals surface area contributed by atoms with E-state index in [9.17, 15) is 14.0 Å². The fraction of sp³-hybridized carbons (Fsp3) is 0.208. The number of nitrogens with zero attached hydrogens (tertiary/aromatic N) is 3. The molecule has 1 aromatic heterocycles. The van der Waals surface area contributed by atoms with Crippen molar-refractivity contribution in [1.82, 2.24) is 14.8 Å². The highest BCUT2D eigenvalue weighted by Crippen LogP contribution is 2.22. The Hall–Kier alpha value is -3.54. The first kappa shape index (κ1) is 19.8. The molecule has 0 saturated carbocycles. The molecule has 1 aliphatic rings. The van der Waals surface area contributed by atoms with Crippen LogP contribution in [0.1, 0.15) is 22.3 Å². The summed E-state index contributed by atoms with van der Waals surface area (Å²) in [7, 11) is 0. The van der Waals surface area contributed by atoms with E-state index in [-0.39, 0.29) is 17.6 Å². The summed E-state index contributed by atoms with van der Waals surface area (Å²) in [5, 5.41) is 0. The minimum atomic E-state index is -0.295. The molecule has 1 fully saturated rings. The standard InChI is InChI=1S/C24H22FN3O2/c25-22-6-4-19(5-7-22)20-2-1-3-21(16-20)24(30)27-13-10-23(29)28(15-14-27)17-18-8-11-26-12-9-18/h1-9,11-12,16H,10,13-15,17H2. The van der Waals surface area contributed by atoms with E-state index in [4.69, 9.17) is 0 Å². The fourth-order valence-electron chi connectivity index (χ4n) is 3.60. The van der Waals surface area contributed by atoms with Crippen LogP contribution >= 0.6 is 0 Å². The summed E-state index contributed by atoms with van der Waals surface area (Å²) in [6.07, 6.45) is 3.72. The molecule has 2 aromatic carbocycles. The van der Waals surface area contributed by atoms with Crippen molar-refractivity contribution in [1.29, 1.82) is 0 Å². The number of hydrogen-bond donors (Lipinski definition) is 0. The summed E-state index contributed by atoms with van der Waals surface area (Å²) in [6.45, 7) is 1.88. The van der Waals surface area contributed by atoms with Crippen molar-refractivity contribution in [2.75, 3.05) is 19.6 Å². The molecule has 6 heteroatoms. The highest BCUT2D eigenvalue weighted by atomic mass is 19.1. The zero-order chi connectivity index (χ0) is 20.9. The van der Waals surface area contributed by atoms with Gasteiger partial charge in [-0.3, -0.25) is 14.6 Å². The smallest absolute Gasteiger partial charge is 0.253 e. The van der Waals surface area contributed by atoms with Gasteiger partial charge in [0.25, 0.3) is 5.91 Å². The first-order chi connectivity index (χ1) is 14.6. The summed E-state index contributed by atoms with van der Waals surface area (Å²) >= 11 is 0. The third-order valence-electron chi connectivity index (χ3n) is 5.29. The second-order valence-corrected chi connectivity index (χ2v) is 7.30. The number of carbonyl (C=O) groups excluding carboxylic acids is 2. The maximum Gasteiger partial charge on any atom is 0.253 e. The van der Waals surface area contributed by atoms with E-state index in [0.29, 0.717) is 38.2 Å². The highest BCUT2D eigenvalue weighted by Gasteiger charge is 2.24. The molecular weight excluding hydrogens is 381 g/mol. The molecule has 0 aliphatic carbocycles. The summed E-state index contributed by atoms with van der Waals surface area (Å²) < 4.78 is 13.2. The van der Waals surface area contributed by atoms with Crippen LogP contribution in [0.25, 0.3) is 11.1 Å². The van der Waals surface area contributed by atoms with Crippen LogP contribution in [0, 0.1) is 5.82 Å². The van der Waals surface area contributed by atoms with Gasteiger partial charge in [-0.25, -0.2) is 4.39 Å². The number of halogens is 1. The number of pyridine rings is 1. The van der Waals surface area contributed by atoms with E-state index in [1.54, 1.807) is 40.4 Å². The van der Waals surface area contributed by atoms with Gasteiger partial charge in [0, 0.05) is 50.6 Å². The summed E-state index contributed by atoms with van der Waals surface area (Å²) in [4.78, 5) is 33.1. The molecule has 0 atom stereocenters. The lowest BCUT2D eigenvalue weighted by Gasteiger charge is -2.22. The maximum absolute atomic E-state index is 13.2. The maximum atomic E-state index is 13.2. The fourth-order valence-corrected chi connectivity index (χ4v) is 3.60. The van der Waals surface area contributed by atoms with Crippen LogP contribution in [-0.4, -0.2) is 46.2 Å². The molecule has 5 nitrogen and oxygen atoms in total. The van der Waals surface area contributed by atoms with Crippen molar-refractivity contribution in [3.63, 3.8) is 0 Å². The first-order valence-corrected chi connectivity index (χ1v) is 9.92. The van der Waals surface area contributed by atoms with Crippen molar-refractivity contribution < 1.29 is 14.0 Å². The summed E-state index contributed by atoms with van der Waals surface area (Å²) in [6, 6.07) is 17.3. The minimum Gasteiger partial charge on any atom is -0.337 e. The third-order valence-corrected chi connectivity index (χ3v) is 5.29. The Balaban J connectivity index is 1.47. The molecule has 0 spiro atoms. The number of carbonyl (C=O) groups is 2. The Morgan fingerprint density at radius 3 is 2.47 bits per heavy atom. The van der Waals surface area contributed by atoms with Crippen molar-refractivity contribution in [3.8, 4) is 11.1 Å². The molecular formula is C24H22FN3O2. The summed E-state index contributed by atoms with van der Waals surface area (Å²) in [5.74, 6) is -0.351. The highest BCUT2D eigenvalue weighted by molar-refractivity contribution is 5.96. The molecule has 30 heavy (non-hydrogen) atoms. The number of amides is 2. The Morgan fingerprint density at radius 2 is 1.70 bits per heavy atom. The molecule has 3 aromatic rings. The molecule has 0 bridgehead atoms. The quantitative estimate of drug-likeness (QED) is 0.667. The average Bonchev–Trinajstić information content (AvgIpc) is 2.96. The van der Waals surface area contributed by atoms with Gasteiger partial charge in [0.05, 0.1) is 0 Å². The van der Waals surface area contributed by atoms with Gasteiger partial charge in [-0.05, 0) is 53.1 Å². The van der Waals surface area contributed by atoms with Crippen LogP contribution in [-0.2, 0) is 11.3 Å². The molecule has 1 aliphatic heterocycles. The lowest BCUT2D eigenvalue weighted by molar-refractivity contribution is -0.130. The zero-order valence-corrected chi connectivity index (χ0v) is 16.5. The normalized spacial score (nSPS) is 14.5. The van der Waals surface area contributed by atoms with Gasteiger partial charge in [0.1, 0.15) is 5.82 Å². The largest absolute Gasteiger partial charge is 0.337 e. The number of benzene rings is 2. The molecule has 4 rings (SSSR count). The number of rotatable bonds is 4. The van der Waals surface area contributed by atoms with Crippen LogP contribution < -0.4 is 0 Å². The number of aromatic nitrogens is 1. The lowest BCUT2D eigenvalue weighted by atomic mass is 10.0. The third kappa shape index (κ3) is 4.54. The first-order valence-electron chi connectivity index (χ1n) is 9.92. The van der Waals surface area contributed by atoms with Crippen LogP contribution in [0.5, 0.6) is 0 Å². The van der Waals surface area contributed by atoms with E-state index in [2.05, 4.69) is 4.98 Å². The van der Waals surface area contributed by atoms with E-state index in [0.717, 1.165) is 16.7 Å². The molecule has 152 valence electrons. The second kappa shape index (κ2) is 8.86. The van der Waals surface area contributed by atoms with Gasteiger partial charge in [0.15, 0.2) is 0 Å². The van der Waals surface area contributed by atoms with Gasteiger partial charge < -0.3 is 9.80 Å². The lowest BCUT2D eigenvalue weighted by Crippen LogP contribution is -2.35. The topological polar surface area (TPSA) is 53.5 Å². The zero-order valence-electron chi connectivity index (χ0n) is 16.5. The second-order valence-electron chi connectivity index (χ2n) is 7.30. The summed E-state index contributed by atoms with van der Waals surface area (Å²) in [5.41, 5.74) is 3.28. The average molecular weight is 403 g/mol. The van der Waals surface area contributed by atoms with Gasteiger partial charge in [-0.2, -0.15) is 0 Å². The van der Waals surface area contributed by atoms with Crippen molar-refractivity contribution in [2.45, 2.75) is 13.0 Å². The van der Waals surface area contributed by atoms with Crippen LogP contribution in [0.4, 0.5) is 4.39 Å². The Kier molecular flexibility index (Phi) is 5.84. The Labute approximate surface area is 174 Å². The van der Waals surface area contributed by atoms with E-state index in [1.165, 1.54) is 12.1 Å². The van der Waals surface area contributed by atoms with Crippen LogP contribution in [0.2, 0.25) is 0 Å². The van der Waals surface area contributed by atoms with Crippen molar-refractivity contribution >= 4 is 11.8 Å². The minimum absolute atomic E-state index is 0.0437. The Morgan fingerprint density at radius 1 is 0.933 bits per heavy atom. The van der Waals surface area contributed by atoms with Crippen molar-refractivity contribution in [3.05, 3.63) is 90.0 Å². The molecule has 2 heterocycles. The predicted molar refractivity (Wildman–Crippen MR) is 112 cm³/mol. The monoisotopic (exact) mass is 403 g/mol. The number of hydrogen-bond acceptors (Lipinski definition) is 3. The molecule has 0 N–H and O–H groups in total. The van der Waals surface area contributed by atoms with Gasteiger partial charge in [-0.1, -0.05) is 24.3 Å². The van der Waals surface area contributed by atoms with Crippen LogP contribution in [0.15, 0.2) is 73.1 Å². The van der Waals surface area contributed by atoms with E-state index >= 15 is 0 Å². The molecule has 2 amide bonds. The van der Waals surface area contributed by atoms with E-state index in [1.807, 2.05) is 30.3 Å². The van der Waals surface area contributed by atoms with Crippen LogP contribution in [0.3, 0.4) is 0 Å². The predicted octanol–water partition coefficient (Wildman–Crippen LogP) is 3.76. The molecule has 0 radical (unpaired) electrons. The molecule has 0 unspecified atom stereocenters. The SMILES string of the molecule is O=C1CCN(C(=O)c2cccc(-c3ccc(F)cc3)c2)CCN1Cc1ccncc1. The Bertz CT molecular complexity index is 1040. The van der Waals surface area contributed by atoms with E-state index < -0.39 is 0 Å². The van der Waals surface area contributed by atoms with Crippen molar-refractivity contribution in [2.24, 2.45) is 0 Å². The van der Waals surface area contributed by atoms with Gasteiger partial charge >= 0.3 is 0 Å². The molecule has 1 saturated heterocycles. The van der Waals surface area contributed by atoms with Gasteiger partial charge in [0.2, 0.25) is 5.91 Å².